The standard InChI is InChI=1S/C18H23N3O3S/c1-13-4-3-5-15(10-13)6-7-18(22)19-17-11-14(2)20-21(17)16-8-9-25(23,24)12-16/h3-5,10-11,16H,6-9,12H2,1-2H3,(H,19,22)/t16-/m1/s1. The summed E-state index contributed by atoms with van der Waals surface area (Å²) in [6.45, 7) is 3.86. The van der Waals surface area contributed by atoms with Crippen LogP contribution in [0.1, 0.15) is 35.7 Å². The molecule has 1 amide bonds. The summed E-state index contributed by atoms with van der Waals surface area (Å²) in [5.74, 6) is 0.745. The second kappa shape index (κ2) is 7.00. The van der Waals surface area contributed by atoms with Gasteiger partial charge in [-0.1, -0.05) is 29.8 Å². The number of carbonyl (C=O) groups excluding carboxylic acids is 1. The predicted octanol–water partition coefficient (Wildman–Crippen LogP) is 2.43. The molecule has 1 aromatic carbocycles. The van der Waals surface area contributed by atoms with E-state index in [-0.39, 0.29) is 23.5 Å². The van der Waals surface area contributed by atoms with Crippen LogP contribution < -0.4 is 5.32 Å². The normalized spacial score (nSPS) is 19.0. The monoisotopic (exact) mass is 361 g/mol. The Bertz CT molecular complexity index is 887. The molecule has 1 N–H and O–H groups in total. The van der Waals surface area contributed by atoms with Crippen molar-refractivity contribution >= 4 is 21.6 Å². The van der Waals surface area contributed by atoms with Crippen LogP contribution in [-0.2, 0) is 21.1 Å². The summed E-state index contributed by atoms with van der Waals surface area (Å²) in [4.78, 5) is 12.3. The quantitative estimate of drug-likeness (QED) is 0.887. The van der Waals surface area contributed by atoms with Gasteiger partial charge in [0.15, 0.2) is 9.84 Å². The van der Waals surface area contributed by atoms with Gasteiger partial charge in [-0.25, -0.2) is 13.1 Å². The van der Waals surface area contributed by atoms with E-state index < -0.39 is 9.84 Å². The van der Waals surface area contributed by atoms with Crippen molar-refractivity contribution in [2.75, 3.05) is 16.8 Å². The fourth-order valence-electron chi connectivity index (χ4n) is 3.19. The lowest BCUT2D eigenvalue weighted by Gasteiger charge is -2.13. The molecule has 0 aliphatic carbocycles. The topological polar surface area (TPSA) is 81.1 Å². The number of hydrogen-bond donors (Lipinski definition) is 1. The lowest BCUT2D eigenvalue weighted by Crippen LogP contribution is -2.19. The van der Waals surface area contributed by atoms with Gasteiger partial charge in [0.2, 0.25) is 5.91 Å². The number of aryl methyl sites for hydroxylation is 3. The van der Waals surface area contributed by atoms with E-state index in [1.54, 1.807) is 10.7 Å². The van der Waals surface area contributed by atoms with Gasteiger partial charge in [0.1, 0.15) is 5.82 Å². The Morgan fingerprint density at radius 2 is 2.12 bits per heavy atom. The van der Waals surface area contributed by atoms with Gasteiger partial charge >= 0.3 is 0 Å². The number of hydrogen-bond acceptors (Lipinski definition) is 4. The van der Waals surface area contributed by atoms with Crippen LogP contribution in [0.3, 0.4) is 0 Å². The molecular formula is C18H23N3O3S. The molecule has 25 heavy (non-hydrogen) atoms. The van der Waals surface area contributed by atoms with Gasteiger partial charge in [-0.15, -0.1) is 0 Å². The summed E-state index contributed by atoms with van der Waals surface area (Å²) < 4.78 is 25.1. The van der Waals surface area contributed by atoms with Gasteiger partial charge in [0.05, 0.1) is 23.2 Å². The SMILES string of the molecule is Cc1cccc(CCC(=O)Nc2cc(C)nn2[C@@H]2CCS(=O)(=O)C2)c1. The number of benzene rings is 1. The van der Waals surface area contributed by atoms with Crippen molar-refractivity contribution in [3.8, 4) is 0 Å². The van der Waals surface area contributed by atoms with Crippen molar-refractivity contribution in [3.63, 3.8) is 0 Å². The third-order valence-electron chi connectivity index (χ3n) is 4.40. The summed E-state index contributed by atoms with van der Waals surface area (Å²) in [6.07, 6.45) is 1.57. The van der Waals surface area contributed by atoms with Crippen molar-refractivity contribution < 1.29 is 13.2 Å². The molecule has 1 aliphatic rings. The van der Waals surface area contributed by atoms with Gasteiger partial charge in [-0.05, 0) is 32.3 Å². The summed E-state index contributed by atoms with van der Waals surface area (Å²) in [5.41, 5.74) is 3.06. The average molecular weight is 361 g/mol. The van der Waals surface area contributed by atoms with E-state index in [0.717, 1.165) is 11.3 Å². The van der Waals surface area contributed by atoms with E-state index in [9.17, 15) is 13.2 Å². The zero-order valence-electron chi connectivity index (χ0n) is 14.5. The lowest BCUT2D eigenvalue weighted by molar-refractivity contribution is -0.116. The number of nitrogens with zero attached hydrogens (tertiary/aromatic N) is 2. The van der Waals surface area contributed by atoms with Gasteiger partial charge in [0.25, 0.3) is 0 Å². The highest BCUT2D eigenvalue weighted by Crippen LogP contribution is 2.27. The highest BCUT2D eigenvalue weighted by atomic mass is 32.2. The van der Waals surface area contributed by atoms with Gasteiger partial charge in [0, 0.05) is 12.5 Å². The van der Waals surface area contributed by atoms with Crippen molar-refractivity contribution in [3.05, 3.63) is 47.2 Å². The Morgan fingerprint density at radius 1 is 1.32 bits per heavy atom. The summed E-state index contributed by atoms with van der Waals surface area (Å²) >= 11 is 0. The highest BCUT2D eigenvalue weighted by molar-refractivity contribution is 7.91. The summed E-state index contributed by atoms with van der Waals surface area (Å²) in [5, 5.41) is 7.27. The van der Waals surface area contributed by atoms with Crippen molar-refractivity contribution in [2.45, 2.75) is 39.2 Å². The fraction of sp³-hybridized carbons (Fsp3) is 0.444. The van der Waals surface area contributed by atoms with Crippen molar-refractivity contribution in [2.24, 2.45) is 0 Å². The van der Waals surface area contributed by atoms with E-state index >= 15 is 0 Å². The van der Waals surface area contributed by atoms with Gasteiger partial charge < -0.3 is 5.32 Å². The first-order chi connectivity index (χ1) is 11.8. The van der Waals surface area contributed by atoms with E-state index in [1.165, 1.54) is 5.56 Å². The van der Waals surface area contributed by atoms with E-state index in [2.05, 4.69) is 16.5 Å². The Kier molecular flexibility index (Phi) is 4.94. The Labute approximate surface area is 148 Å². The molecule has 3 rings (SSSR count). The first kappa shape index (κ1) is 17.7. The van der Waals surface area contributed by atoms with Crippen LogP contribution >= 0.6 is 0 Å². The number of amides is 1. The number of anilines is 1. The molecule has 0 unspecified atom stereocenters. The predicted molar refractivity (Wildman–Crippen MR) is 97.4 cm³/mol. The van der Waals surface area contributed by atoms with Crippen LogP contribution in [0.2, 0.25) is 0 Å². The Balaban J connectivity index is 1.65. The number of rotatable bonds is 5. The molecule has 1 atom stereocenters. The molecule has 0 saturated carbocycles. The van der Waals surface area contributed by atoms with E-state index in [0.29, 0.717) is 25.1 Å². The molecule has 1 fully saturated rings. The summed E-state index contributed by atoms with van der Waals surface area (Å²) in [7, 11) is -3.00. The number of nitrogens with one attached hydrogen (secondary N) is 1. The lowest BCUT2D eigenvalue weighted by atomic mass is 10.1. The van der Waals surface area contributed by atoms with Crippen molar-refractivity contribution in [1.82, 2.24) is 9.78 Å². The Hall–Kier alpha value is -2.15. The minimum Gasteiger partial charge on any atom is -0.311 e. The van der Waals surface area contributed by atoms with Crippen LogP contribution in [0, 0.1) is 13.8 Å². The number of aromatic nitrogens is 2. The molecule has 7 heteroatoms. The first-order valence-electron chi connectivity index (χ1n) is 8.44. The van der Waals surface area contributed by atoms with Crippen molar-refractivity contribution in [1.29, 1.82) is 0 Å². The average Bonchev–Trinajstić information content (AvgIpc) is 3.07. The minimum absolute atomic E-state index is 0.0836. The maximum atomic E-state index is 12.3. The smallest absolute Gasteiger partial charge is 0.225 e. The van der Waals surface area contributed by atoms with Crippen LogP contribution in [0.25, 0.3) is 0 Å². The van der Waals surface area contributed by atoms with Gasteiger partial charge in [-0.3, -0.25) is 4.79 Å². The first-order valence-corrected chi connectivity index (χ1v) is 10.3. The van der Waals surface area contributed by atoms with Gasteiger partial charge in [-0.2, -0.15) is 5.10 Å². The molecule has 1 saturated heterocycles. The highest BCUT2D eigenvalue weighted by Gasteiger charge is 2.31. The minimum atomic E-state index is -3.00. The molecule has 0 radical (unpaired) electrons. The number of carbonyl (C=O) groups is 1. The zero-order valence-corrected chi connectivity index (χ0v) is 15.3. The van der Waals surface area contributed by atoms with Crippen LogP contribution in [0.15, 0.2) is 30.3 Å². The summed E-state index contributed by atoms with van der Waals surface area (Å²) in [6, 6.07) is 9.69. The second-order valence-corrected chi connectivity index (χ2v) is 8.94. The largest absolute Gasteiger partial charge is 0.311 e. The molecule has 1 aromatic heterocycles. The molecule has 0 spiro atoms. The van der Waals surface area contributed by atoms with Crippen LogP contribution in [0.5, 0.6) is 0 Å². The molecule has 2 aromatic rings. The molecule has 134 valence electrons. The molecule has 2 heterocycles. The third-order valence-corrected chi connectivity index (χ3v) is 6.15. The maximum Gasteiger partial charge on any atom is 0.225 e. The third kappa shape index (κ3) is 4.48. The maximum absolute atomic E-state index is 12.3. The molecule has 0 bridgehead atoms. The second-order valence-electron chi connectivity index (χ2n) is 6.71. The zero-order chi connectivity index (χ0) is 18.0. The molecular weight excluding hydrogens is 338 g/mol. The van der Waals surface area contributed by atoms with Crippen LogP contribution in [-0.4, -0.2) is 35.6 Å². The molecule has 6 nitrogen and oxygen atoms in total. The molecule has 1 aliphatic heterocycles. The van der Waals surface area contributed by atoms with E-state index in [1.807, 2.05) is 32.0 Å². The fourth-order valence-corrected chi connectivity index (χ4v) is 4.88. The van der Waals surface area contributed by atoms with E-state index in [4.69, 9.17) is 0 Å². The Morgan fingerprint density at radius 3 is 2.80 bits per heavy atom. The van der Waals surface area contributed by atoms with Crippen LogP contribution in [0.4, 0.5) is 5.82 Å². The number of sulfone groups is 1.